The van der Waals surface area contributed by atoms with Crippen molar-refractivity contribution in [2.24, 2.45) is 5.92 Å². The maximum atomic E-state index is 14.3. The molecule has 0 unspecified atom stereocenters. The highest BCUT2D eigenvalue weighted by Gasteiger charge is 2.32. The second-order valence-corrected chi connectivity index (χ2v) is 13.3. The molecule has 0 aliphatic heterocycles. The Morgan fingerprint density at radius 2 is 1.62 bits per heavy atom. The van der Waals surface area contributed by atoms with Gasteiger partial charge >= 0.3 is 5.76 Å². The molecule has 0 spiro atoms. The molecule has 2 aromatic heterocycles. The third-order valence-electron chi connectivity index (χ3n) is 9.47. The molecule has 6 rings (SSSR count). The van der Waals surface area contributed by atoms with E-state index in [-0.39, 0.29) is 11.7 Å². The van der Waals surface area contributed by atoms with Gasteiger partial charge in [0.05, 0.1) is 23.1 Å². The van der Waals surface area contributed by atoms with E-state index < -0.39 is 11.4 Å². The molecule has 0 amide bonds. The Kier molecular flexibility index (Phi) is 9.78. The number of hydrogen-bond donors (Lipinski definition) is 2. The minimum absolute atomic E-state index is 0.0479. The van der Waals surface area contributed by atoms with Crippen molar-refractivity contribution in [1.29, 1.82) is 0 Å². The van der Waals surface area contributed by atoms with Crippen LogP contribution in [0.3, 0.4) is 0 Å². The van der Waals surface area contributed by atoms with Crippen LogP contribution in [-0.2, 0) is 19.3 Å². The summed E-state index contributed by atoms with van der Waals surface area (Å²) in [5.41, 5.74) is 5.24. The summed E-state index contributed by atoms with van der Waals surface area (Å²) in [6.07, 6.45) is 6.53. The fraction of sp³-hybridized carbons (Fsp3) is 0.385. The van der Waals surface area contributed by atoms with E-state index in [0.29, 0.717) is 30.1 Å². The summed E-state index contributed by atoms with van der Waals surface area (Å²) >= 11 is 0. The van der Waals surface area contributed by atoms with E-state index in [1.54, 1.807) is 4.57 Å². The first-order valence-electron chi connectivity index (χ1n) is 17.0. The normalized spacial score (nSPS) is 16.6. The molecule has 1 saturated carbocycles. The van der Waals surface area contributed by atoms with E-state index in [4.69, 9.17) is 14.2 Å². The van der Waals surface area contributed by atoms with Gasteiger partial charge in [-0.1, -0.05) is 74.0 Å². The fourth-order valence-corrected chi connectivity index (χ4v) is 6.82. The number of nitrogens with one attached hydrogen (secondary N) is 1. The van der Waals surface area contributed by atoms with Crippen LogP contribution in [0.2, 0.25) is 0 Å². The average molecular weight is 649 g/mol. The van der Waals surface area contributed by atoms with Gasteiger partial charge in [0, 0.05) is 24.0 Å². The maximum Gasteiger partial charge on any atom is 0.439 e. The average Bonchev–Trinajstić information content (AvgIpc) is 3.53. The van der Waals surface area contributed by atoms with Crippen molar-refractivity contribution in [2.45, 2.75) is 90.8 Å². The summed E-state index contributed by atoms with van der Waals surface area (Å²) in [6, 6.07) is 23.6. The number of hydrogen-bond acceptors (Lipinski definition) is 7. The number of ether oxygens (including phenoxy) is 1. The lowest BCUT2D eigenvalue weighted by atomic mass is 9.78. The van der Waals surface area contributed by atoms with Gasteiger partial charge in [0.25, 0.3) is 5.56 Å². The highest BCUT2D eigenvalue weighted by atomic mass is 16.5. The van der Waals surface area contributed by atoms with Crippen LogP contribution >= 0.6 is 0 Å². The molecule has 0 bridgehead atoms. The van der Waals surface area contributed by atoms with Crippen LogP contribution in [0.1, 0.15) is 82.4 Å². The molecule has 9 heteroatoms. The predicted octanol–water partition coefficient (Wildman–Crippen LogP) is 7.06. The number of aromatic amines is 1. The minimum Gasteiger partial charge on any atom is -0.490 e. The number of benzene rings is 3. The smallest absolute Gasteiger partial charge is 0.439 e. The van der Waals surface area contributed by atoms with E-state index in [1.807, 2.05) is 93.6 Å². The Morgan fingerprint density at radius 3 is 2.23 bits per heavy atom. The molecule has 1 fully saturated rings. The number of aliphatic hydroxyl groups is 1. The second-order valence-electron chi connectivity index (χ2n) is 13.3. The number of H-pyrrole nitrogens is 1. The zero-order valence-electron chi connectivity index (χ0n) is 28.2. The molecule has 250 valence electrons. The van der Waals surface area contributed by atoms with E-state index in [0.717, 1.165) is 83.7 Å². The molecular weight excluding hydrogens is 604 g/mol. The van der Waals surface area contributed by atoms with Crippen LogP contribution in [-0.4, -0.2) is 36.5 Å². The van der Waals surface area contributed by atoms with Crippen molar-refractivity contribution in [3.05, 3.63) is 116 Å². The largest absolute Gasteiger partial charge is 0.490 e. The lowest BCUT2D eigenvalue weighted by Gasteiger charge is -2.35. The highest BCUT2D eigenvalue weighted by molar-refractivity contribution is 5.80. The molecule has 0 radical (unpaired) electrons. The maximum absolute atomic E-state index is 14.3. The van der Waals surface area contributed by atoms with Gasteiger partial charge in [-0.05, 0) is 92.8 Å². The van der Waals surface area contributed by atoms with Crippen molar-refractivity contribution in [2.75, 3.05) is 0 Å². The first-order chi connectivity index (χ1) is 23.1. The third-order valence-corrected chi connectivity index (χ3v) is 9.47. The van der Waals surface area contributed by atoms with Gasteiger partial charge in [0.1, 0.15) is 11.6 Å². The van der Waals surface area contributed by atoms with Gasteiger partial charge in [-0.3, -0.25) is 18.9 Å². The Morgan fingerprint density at radius 1 is 0.938 bits per heavy atom. The van der Waals surface area contributed by atoms with E-state index in [2.05, 4.69) is 17.1 Å². The van der Waals surface area contributed by atoms with Crippen molar-refractivity contribution < 1.29 is 14.4 Å². The summed E-state index contributed by atoms with van der Waals surface area (Å²) in [4.78, 5) is 33.5. The molecule has 48 heavy (non-hydrogen) atoms. The molecule has 0 saturated heterocycles. The molecule has 5 aromatic rings. The van der Waals surface area contributed by atoms with E-state index in [1.165, 1.54) is 0 Å². The van der Waals surface area contributed by atoms with Gasteiger partial charge in [0.15, 0.2) is 5.82 Å². The quantitative estimate of drug-likeness (QED) is 0.157. The summed E-state index contributed by atoms with van der Waals surface area (Å²) in [5, 5.41) is 14.3. The van der Waals surface area contributed by atoms with Crippen LogP contribution in [0.5, 0.6) is 5.75 Å². The van der Waals surface area contributed by atoms with Gasteiger partial charge in [-0.25, -0.2) is 9.78 Å². The van der Waals surface area contributed by atoms with Crippen LogP contribution in [0.15, 0.2) is 86.9 Å². The van der Waals surface area contributed by atoms with E-state index in [9.17, 15) is 14.7 Å². The molecule has 2 N–H and O–H groups in total. The highest BCUT2D eigenvalue weighted by Crippen LogP contribution is 2.34. The molecule has 2 heterocycles. The topological polar surface area (TPSA) is 123 Å². The molecular formula is C39H44N4O5. The van der Waals surface area contributed by atoms with Crippen LogP contribution in [0.4, 0.5) is 0 Å². The van der Waals surface area contributed by atoms with Crippen molar-refractivity contribution in [3.8, 4) is 34.0 Å². The molecule has 9 nitrogen and oxygen atoms in total. The molecule has 0 atom stereocenters. The minimum atomic E-state index is -0.658. The molecule has 1 aliphatic rings. The van der Waals surface area contributed by atoms with Crippen LogP contribution in [0.25, 0.3) is 28.2 Å². The fourth-order valence-electron chi connectivity index (χ4n) is 6.82. The summed E-state index contributed by atoms with van der Waals surface area (Å²) in [5.74, 6) is 1.59. The zero-order valence-corrected chi connectivity index (χ0v) is 28.2. The monoisotopic (exact) mass is 648 g/mol. The Bertz CT molecular complexity index is 1960. The van der Waals surface area contributed by atoms with Gasteiger partial charge in [0.2, 0.25) is 0 Å². The first kappa shape index (κ1) is 33.2. The summed E-state index contributed by atoms with van der Waals surface area (Å²) < 4.78 is 12.8. The van der Waals surface area contributed by atoms with Crippen molar-refractivity contribution in [1.82, 2.24) is 19.7 Å². The van der Waals surface area contributed by atoms with E-state index >= 15 is 0 Å². The second kappa shape index (κ2) is 14.2. The molecule has 3 aromatic carbocycles. The Balaban J connectivity index is 1.25. The van der Waals surface area contributed by atoms with Gasteiger partial charge in [-0.15, -0.1) is 0 Å². The summed E-state index contributed by atoms with van der Waals surface area (Å²) in [6.45, 7) is 7.92. The standard InChI is InChI=1S/C39H44N4O5/c1-5-9-34-33(24-25-12-14-26(15-13-25)31-10-7-8-11-32(31)36-41-38(45)48-42-36)37(44)43(35(6-2)40-34)28-18-22-30(23-19-28)47-29-20-16-27(17-21-29)39(3,4)46/h7-8,10-15,18-19,22-23,27,29,46H,5-6,9,16-17,20-21,24H2,1-4H3,(H,41,42,45)/t27-,29+. The zero-order chi connectivity index (χ0) is 33.8. The summed E-state index contributed by atoms with van der Waals surface area (Å²) in [7, 11) is 0. The number of aromatic nitrogens is 4. The van der Waals surface area contributed by atoms with Crippen molar-refractivity contribution >= 4 is 0 Å². The Hall–Kier alpha value is -4.76. The number of aryl methyl sites for hydroxylation is 2. The number of nitrogens with zero attached hydrogens (tertiary/aromatic N) is 3. The third kappa shape index (κ3) is 7.21. The lowest BCUT2D eigenvalue weighted by molar-refractivity contribution is -0.0151. The predicted molar refractivity (Wildman–Crippen MR) is 187 cm³/mol. The van der Waals surface area contributed by atoms with Crippen LogP contribution in [0, 0.1) is 5.92 Å². The van der Waals surface area contributed by atoms with Gasteiger partial charge in [-0.2, -0.15) is 0 Å². The van der Waals surface area contributed by atoms with Crippen molar-refractivity contribution in [3.63, 3.8) is 0 Å². The lowest BCUT2D eigenvalue weighted by Crippen LogP contribution is -2.36. The number of rotatable bonds is 11. The molecule has 1 aliphatic carbocycles. The Labute approximate surface area is 280 Å². The first-order valence-corrected chi connectivity index (χ1v) is 17.0. The SMILES string of the molecule is CCCc1nc(CC)n(-c2ccc(O[C@H]3CC[C@@H](C(C)(C)O)CC3)cc2)c(=O)c1Cc1ccc(-c2ccccc2-c2noc(=O)[nH]2)cc1. The van der Waals surface area contributed by atoms with Gasteiger partial charge < -0.3 is 9.84 Å². The van der Waals surface area contributed by atoms with Crippen LogP contribution < -0.4 is 16.1 Å².